The number of fused-ring (bicyclic) bond motifs is 1. The number of amides is 1. The average molecular weight is 429 g/mol. The molecule has 1 aliphatic heterocycles. The average Bonchev–Trinajstić information content (AvgIpc) is 2.78. The molecule has 0 unspecified atom stereocenters. The van der Waals surface area contributed by atoms with Crippen molar-refractivity contribution in [1.82, 2.24) is 9.62 Å². The summed E-state index contributed by atoms with van der Waals surface area (Å²) in [4.78, 5) is 13.8. The maximum atomic E-state index is 13.1. The molecule has 30 heavy (non-hydrogen) atoms. The van der Waals surface area contributed by atoms with Crippen LogP contribution in [-0.4, -0.2) is 51.4 Å². The van der Waals surface area contributed by atoms with Gasteiger partial charge in [-0.05, 0) is 54.5 Å². The van der Waals surface area contributed by atoms with Gasteiger partial charge in [-0.25, -0.2) is 8.42 Å². The number of hydrogen-bond donors (Lipinski definition) is 2. The number of piperazine rings is 1. The molecule has 160 valence electrons. The van der Waals surface area contributed by atoms with Gasteiger partial charge in [0.05, 0.1) is 31.1 Å². The molecule has 2 aromatic carbocycles. The van der Waals surface area contributed by atoms with Crippen LogP contribution in [-0.2, 0) is 34.2 Å². The Morgan fingerprint density at radius 1 is 0.967 bits per heavy atom. The third-order valence-corrected chi connectivity index (χ3v) is 8.02. The first-order valence-electron chi connectivity index (χ1n) is 10.8. The van der Waals surface area contributed by atoms with E-state index < -0.39 is 10.0 Å². The van der Waals surface area contributed by atoms with E-state index in [2.05, 4.69) is 5.32 Å². The number of carbonyl (C=O) groups excluding carboxylic acids is 1. The number of aryl methyl sites for hydroxylation is 2. The van der Waals surface area contributed by atoms with Crippen molar-refractivity contribution in [1.29, 1.82) is 0 Å². The maximum absolute atomic E-state index is 13.1. The Balaban J connectivity index is 1.30. The first-order valence-corrected chi connectivity index (χ1v) is 12.2. The Morgan fingerprint density at radius 3 is 2.40 bits per heavy atom. The van der Waals surface area contributed by atoms with Crippen molar-refractivity contribution in [2.45, 2.75) is 37.1 Å². The number of hydrogen-bond acceptors (Lipinski definition) is 3. The summed E-state index contributed by atoms with van der Waals surface area (Å²) in [7, 11) is -3.47. The highest BCUT2D eigenvalue weighted by Gasteiger charge is 2.31. The Bertz CT molecular complexity index is 984. The van der Waals surface area contributed by atoms with Crippen molar-refractivity contribution < 1.29 is 18.1 Å². The summed E-state index contributed by atoms with van der Waals surface area (Å²) in [5.74, 6) is -0.000141. The number of sulfonamides is 1. The molecule has 0 atom stereocenters. The van der Waals surface area contributed by atoms with Gasteiger partial charge in [0, 0.05) is 6.54 Å². The van der Waals surface area contributed by atoms with Gasteiger partial charge in [0.1, 0.15) is 0 Å². The number of nitrogens with zero attached hydrogens (tertiary/aromatic N) is 1. The van der Waals surface area contributed by atoms with Gasteiger partial charge in [0.25, 0.3) is 5.91 Å². The van der Waals surface area contributed by atoms with Gasteiger partial charge in [-0.15, -0.1) is 0 Å². The maximum Gasteiger partial charge on any atom is 0.275 e. The van der Waals surface area contributed by atoms with E-state index in [0.717, 1.165) is 29.7 Å². The molecule has 4 rings (SSSR count). The van der Waals surface area contributed by atoms with Gasteiger partial charge >= 0.3 is 0 Å². The number of carbonyl (C=O) groups is 1. The van der Waals surface area contributed by atoms with Crippen LogP contribution < -0.4 is 10.2 Å². The number of nitrogens with one attached hydrogen (secondary N) is 2. The van der Waals surface area contributed by atoms with Crippen molar-refractivity contribution in [3.8, 4) is 0 Å². The van der Waals surface area contributed by atoms with Crippen LogP contribution in [0.5, 0.6) is 0 Å². The molecule has 1 saturated heterocycles. The quantitative estimate of drug-likeness (QED) is 0.714. The van der Waals surface area contributed by atoms with Crippen LogP contribution in [0.1, 0.15) is 29.5 Å². The topological polar surface area (TPSA) is 70.9 Å². The van der Waals surface area contributed by atoms with Crippen LogP contribution >= 0.6 is 0 Å². The van der Waals surface area contributed by atoms with Crippen molar-refractivity contribution in [3.05, 3.63) is 65.2 Å². The number of benzene rings is 2. The summed E-state index contributed by atoms with van der Waals surface area (Å²) >= 11 is 0. The predicted molar refractivity (Wildman–Crippen MR) is 116 cm³/mol. The van der Waals surface area contributed by atoms with E-state index in [9.17, 15) is 13.2 Å². The molecule has 6 nitrogen and oxygen atoms in total. The van der Waals surface area contributed by atoms with Crippen LogP contribution in [0.15, 0.2) is 53.4 Å². The Labute approximate surface area is 178 Å². The zero-order chi connectivity index (χ0) is 21.0. The van der Waals surface area contributed by atoms with E-state index >= 15 is 0 Å². The standard InChI is InChI=1S/C23H29N3O3S/c27-23(24-17-19-6-2-1-3-7-19)18-25-12-14-26(15-13-25)30(28,29)22-11-10-20-8-4-5-9-21(20)16-22/h1-3,6-7,10-11,16H,4-5,8-9,12-15,17-18H2,(H,24,27)/p+1. The normalized spacial score (nSPS) is 18.0. The molecular formula is C23H30N3O3S+. The zero-order valence-corrected chi connectivity index (χ0v) is 18.1. The monoisotopic (exact) mass is 428 g/mol. The molecule has 0 spiro atoms. The second kappa shape index (κ2) is 9.29. The molecule has 1 amide bonds. The molecule has 0 aromatic heterocycles. The van der Waals surface area contributed by atoms with Crippen LogP contribution in [0.2, 0.25) is 0 Å². The molecule has 0 saturated carbocycles. The Kier molecular flexibility index (Phi) is 6.51. The lowest BCUT2D eigenvalue weighted by molar-refractivity contribution is -0.895. The van der Waals surface area contributed by atoms with Crippen molar-refractivity contribution in [2.75, 3.05) is 32.7 Å². The fraction of sp³-hybridized carbons (Fsp3) is 0.435. The molecule has 2 aliphatic rings. The summed E-state index contributed by atoms with van der Waals surface area (Å²) in [5, 5.41) is 2.95. The van der Waals surface area contributed by atoms with E-state index in [1.165, 1.54) is 17.5 Å². The van der Waals surface area contributed by atoms with E-state index in [0.29, 0.717) is 44.2 Å². The highest BCUT2D eigenvalue weighted by molar-refractivity contribution is 7.89. The summed E-state index contributed by atoms with van der Waals surface area (Å²) in [6, 6.07) is 15.4. The lowest BCUT2D eigenvalue weighted by atomic mass is 9.92. The van der Waals surface area contributed by atoms with Crippen LogP contribution in [0.3, 0.4) is 0 Å². The second-order valence-corrected chi connectivity index (χ2v) is 10.2. The smallest absolute Gasteiger partial charge is 0.275 e. The second-order valence-electron chi connectivity index (χ2n) is 8.23. The van der Waals surface area contributed by atoms with E-state index in [1.54, 1.807) is 10.4 Å². The molecule has 1 heterocycles. The van der Waals surface area contributed by atoms with E-state index in [4.69, 9.17) is 0 Å². The summed E-state index contributed by atoms with van der Waals surface area (Å²) in [6.45, 7) is 3.07. The largest absolute Gasteiger partial charge is 0.347 e. The molecule has 0 bridgehead atoms. The zero-order valence-electron chi connectivity index (χ0n) is 17.3. The number of quaternary nitrogens is 1. The molecule has 1 aliphatic carbocycles. The van der Waals surface area contributed by atoms with Crippen LogP contribution in [0.4, 0.5) is 0 Å². The highest BCUT2D eigenvalue weighted by Crippen LogP contribution is 2.25. The van der Waals surface area contributed by atoms with Crippen LogP contribution in [0, 0.1) is 0 Å². The minimum atomic E-state index is -3.47. The Morgan fingerprint density at radius 2 is 1.67 bits per heavy atom. The summed E-state index contributed by atoms with van der Waals surface area (Å²) < 4.78 is 27.8. The summed E-state index contributed by atoms with van der Waals surface area (Å²) in [6.07, 6.45) is 4.33. The van der Waals surface area contributed by atoms with E-state index in [1.807, 2.05) is 42.5 Å². The molecule has 2 aromatic rings. The number of rotatable bonds is 6. The van der Waals surface area contributed by atoms with Crippen molar-refractivity contribution in [2.24, 2.45) is 0 Å². The molecule has 1 fully saturated rings. The van der Waals surface area contributed by atoms with Gasteiger partial charge in [-0.1, -0.05) is 36.4 Å². The first-order chi connectivity index (χ1) is 14.5. The third-order valence-electron chi connectivity index (χ3n) is 6.13. The van der Waals surface area contributed by atoms with Gasteiger partial charge in [0.15, 0.2) is 6.54 Å². The van der Waals surface area contributed by atoms with E-state index in [-0.39, 0.29) is 5.91 Å². The lowest BCUT2D eigenvalue weighted by Crippen LogP contribution is -3.15. The predicted octanol–water partition coefficient (Wildman–Crippen LogP) is 0.771. The van der Waals surface area contributed by atoms with Gasteiger partial charge in [-0.2, -0.15) is 4.31 Å². The summed E-state index contributed by atoms with van der Waals surface area (Å²) in [5.41, 5.74) is 3.54. The fourth-order valence-electron chi connectivity index (χ4n) is 4.32. The van der Waals surface area contributed by atoms with Crippen LogP contribution in [0.25, 0.3) is 0 Å². The molecule has 7 heteroatoms. The van der Waals surface area contributed by atoms with Gasteiger partial charge < -0.3 is 10.2 Å². The van der Waals surface area contributed by atoms with Gasteiger partial charge in [0.2, 0.25) is 10.0 Å². The highest BCUT2D eigenvalue weighted by atomic mass is 32.2. The third kappa shape index (κ3) is 4.91. The minimum absolute atomic E-state index is 0.000141. The Hall–Kier alpha value is -2.22. The lowest BCUT2D eigenvalue weighted by Gasteiger charge is -2.31. The molecule has 0 radical (unpaired) electrons. The fourth-order valence-corrected chi connectivity index (χ4v) is 5.82. The minimum Gasteiger partial charge on any atom is -0.347 e. The SMILES string of the molecule is O=C(C[NH+]1CCN(S(=O)(=O)c2ccc3c(c2)CCCC3)CC1)NCc1ccccc1. The molecule has 2 N–H and O–H groups in total. The van der Waals surface area contributed by atoms with Crippen molar-refractivity contribution >= 4 is 15.9 Å². The first kappa shape index (κ1) is 21.0. The van der Waals surface area contributed by atoms with Gasteiger partial charge in [-0.3, -0.25) is 4.79 Å². The molecular weight excluding hydrogens is 398 g/mol. The van der Waals surface area contributed by atoms with Crippen molar-refractivity contribution in [3.63, 3.8) is 0 Å².